The molecule has 0 aromatic heterocycles. The molecule has 6 N–H and O–H groups in total. The van der Waals surface area contributed by atoms with Crippen LogP contribution in [0.5, 0.6) is 0 Å². The van der Waals surface area contributed by atoms with Crippen LogP contribution in [0.15, 0.2) is 23.8 Å². The first-order valence-electron chi connectivity index (χ1n) is 17.2. The van der Waals surface area contributed by atoms with E-state index in [2.05, 4.69) is 0 Å². The van der Waals surface area contributed by atoms with Crippen LogP contribution in [0.2, 0.25) is 0 Å². The monoisotopic (exact) mass is 703 g/mol. The summed E-state index contributed by atoms with van der Waals surface area (Å²) in [5.41, 5.74) is -2.60. The van der Waals surface area contributed by atoms with Crippen LogP contribution < -0.4 is 0 Å². The minimum Gasteiger partial charge on any atom is -0.726 e. The maximum absolute atomic E-state index is 12.8. The Morgan fingerprint density at radius 1 is 1.06 bits per heavy atom. The van der Waals surface area contributed by atoms with E-state index in [1.54, 1.807) is 0 Å². The van der Waals surface area contributed by atoms with Gasteiger partial charge in [-0.25, -0.2) is 8.42 Å². The summed E-state index contributed by atoms with van der Waals surface area (Å²) in [6.07, 6.45) is -1.20. The Morgan fingerprint density at radius 3 is 2.38 bits per heavy atom. The molecule has 1 aliphatic heterocycles. The zero-order valence-corrected chi connectivity index (χ0v) is 29.5. The summed E-state index contributed by atoms with van der Waals surface area (Å²) < 4.78 is 58.6. The molecule has 13 nitrogen and oxygen atoms in total. The Kier molecular flexibility index (Phi) is 11.0. The minimum absolute atomic E-state index is 0.00595. The van der Waals surface area contributed by atoms with E-state index in [0.29, 0.717) is 31.3 Å². The fraction of sp³-hybridized carbons (Fsp3) is 0.882. The highest BCUT2D eigenvalue weighted by Gasteiger charge is 2.72. The van der Waals surface area contributed by atoms with E-state index >= 15 is 0 Å². The van der Waals surface area contributed by atoms with E-state index in [1.165, 1.54) is 7.11 Å². The minimum atomic E-state index is -5.27. The van der Waals surface area contributed by atoms with Crippen LogP contribution in [0.3, 0.4) is 0 Å². The molecule has 4 aliphatic carbocycles. The molecule has 1 saturated heterocycles. The van der Waals surface area contributed by atoms with Crippen LogP contribution in [0.25, 0.3) is 0 Å². The van der Waals surface area contributed by atoms with Gasteiger partial charge in [0.2, 0.25) is 10.4 Å². The van der Waals surface area contributed by atoms with Crippen molar-refractivity contribution in [3.8, 4) is 0 Å². The van der Waals surface area contributed by atoms with Gasteiger partial charge in [0.1, 0.15) is 24.4 Å². The Morgan fingerprint density at radius 2 is 1.75 bits per heavy atom. The molecule has 0 aromatic carbocycles. The Hall–Kier alpha value is -1.01. The van der Waals surface area contributed by atoms with E-state index in [9.17, 15) is 43.6 Å². The van der Waals surface area contributed by atoms with Crippen molar-refractivity contribution in [2.75, 3.05) is 20.3 Å². The molecular weight excluding hydrogens is 648 g/mol. The highest BCUT2D eigenvalue weighted by Crippen LogP contribution is 2.69. The number of hydrogen-bond acceptors (Lipinski definition) is 13. The third kappa shape index (κ3) is 6.58. The number of rotatable bonds is 10. The molecular formula is C34H55O13S-. The summed E-state index contributed by atoms with van der Waals surface area (Å²) >= 11 is 0. The highest BCUT2D eigenvalue weighted by atomic mass is 32.3. The van der Waals surface area contributed by atoms with Gasteiger partial charge in [0.15, 0.2) is 6.29 Å². The van der Waals surface area contributed by atoms with Crippen molar-refractivity contribution < 1.29 is 62.0 Å². The van der Waals surface area contributed by atoms with Crippen molar-refractivity contribution in [3.05, 3.63) is 23.8 Å². The SMILES string of the molecule is CO[C@H]1[C@H](O[C@@H]2C=C3[C@H](O)C[C@@]4(O)[C@@H]5[C@@H](OS(=O)(=O)[O-])[C@H](O)[C@H]([C@H](C)/C=C/[C@H](C)C(C)CO)[C@@]5(C)CC[C@@H]4[C@@]3(C)CC2)OC[C@@H](O)[C@@H]1O. The number of methoxy groups -OCH3 is 1. The second kappa shape index (κ2) is 13.8. The summed E-state index contributed by atoms with van der Waals surface area (Å²) in [7, 11) is -3.88. The van der Waals surface area contributed by atoms with Crippen molar-refractivity contribution in [2.45, 2.75) is 121 Å². The summed E-state index contributed by atoms with van der Waals surface area (Å²) in [4.78, 5) is 0. The second-order valence-corrected chi connectivity index (χ2v) is 16.8. The van der Waals surface area contributed by atoms with Gasteiger partial charge >= 0.3 is 0 Å². The molecule has 17 atom stereocenters. The topological polar surface area (TPSA) is 215 Å². The molecule has 1 heterocycles. The molecule has 3 saturated carbocycles. The van der Waals surface area contributed by atoms with Crippen LogP contribution in [-0.2, 0) is 28.8 Å². The zero-order chi connectivity index (χ0) is 35.6. The quantitative estimate of drug-likeness (QED) is 0.107. The molecule has 0 radical (unpaired) electrons. The third-order valence-electron chi connectivity index (χ3n) is 13.0. The fourth-order valence-electron chi connectivity index (χ4n) is 10.4. The number of fused-ring (bicyclic) bond motifs is 5. The number of ether oxygens (including phenoxy) is 3. The fourth-order valence-corrected chi connectivity index (χ4v) is 10.9. The standard InChI is InChI=1S/C34H56O13S/c1-17(19(3)15-35)7-8-18(2)25-27(39)28(47-48(41,42)43)30-33(25,5)12-10-24-32(4)11-9-20(13-21(32)22(36)14-34(24,30)40)46-31-29(44-6)26(38)23(37)16-45-31/h7-8,13,17-20,22-31,35-40H,9-12,14-16H2,1-6H3,(H,41,42,43)/p-1/b8-7+/t17-,18+,19?,20-,22+,23+,24+,25-,26-,27+,28-,29+,30+,31-,32-,33+,34-/m0/s1. The zero-order valence-electron chi connectivity index (χ0n) is 28.7. The summed E-state index contributed by atoms with van der Waals surface area (Å²) in [6, 6.07) is 0. The summed E-state index contributed by atoms with van der Waals surface area (Å²) in [5, 5.41) is 66.3. The van der Waals surface area contributed by atoms with E-state index in [-0.39, 0.29) is 37.4 Å². The lowest BCUT2D eigenvalue weighted by atomic mass is 9.43. The Bertz CT molecular complexity index is 1320. The maximum Gasteiger partial charge on any atom is 0.218 e. The van der Waals surface area contributed by atoms with Gasteiger partial charge in [-0.15, -0.1) is 0 Å². The van der Waals surface area contributed by atoms with E-state index in [4.69, 9.17) is 18.4 Å². The Labute approximate surface area is 283 Å². The van der Waals surface area contributed by atoms with Gasteiger partial charge in [-0.1, -0.05) is 52.8 Å². The van der Waals surface area contributed by atoms with Gasteiger partial charge in [-0.2, -0.15) is 0 Å². The number of hydrogen-bond donors (Lipinski definition) is 6. The van der Waals surface area contributed by atoms with Crippen molar-refractivity contribution >= 4 is 10.4 Å². The van der Waals surface area contributed by atoms with Crippen molar-refractivity contribution in [3.63, 3.8) is 0 Å². The molecule has 4 fully saturated rings. The molecule has 1 unspecified atom stereocenters. The number of aliphatic hydroxyl groups excluding tert-OH is 5. The number of aliphatic hydroxyl groups is 6. The van der Waals surface area contributed by atoms with Crippen molar-refractivity contribution in [1.29, 1.82) is 0 Å². The molecule has 0 bridgehead atoms. The average molecular weight is 704 g/mol. The lowest BCUT2D eigenvalue weighted by molar-refractivity contribution is -0.285. The van der Waals surface area contributed by atoms with Gasteiger partial charge < -0.3 is 49.4 Å². The number of allylic oxidation sites excluding steroid dienone is 2. The molecule has 0 spiro atoms. The predicted octanol–water partition coefficient (Wildman–Crippen LogP) is 1.01. The lowest BCUT2D eigenvalue weighted by Gasteiger charge is -2.64. The molecule has 276 valence electrons. The molecule has 0 aromatic rings. The molecule has 0 amide bonds. The van der Waals surface area contributed by atoms with Gasteiger partial charge in [-0.3, -0.25) is 4.18 Å². The lowest BCUT2D eigenvalue weighted by Crippen LogP contribution is -2.66. The largest absolute Gasteiger partial charge is 0.726 e. The smallest absolute Gasteiger partial charge is 0.218 e. The molecule has 5 aliphatic rings. The first-order valence-corrected chi connectivity index (χ1v) is 18.6. The van der Waals surface area contributed by atoms with E-state index in [1.807, 2.05) is 52.8 Å². The van der Waals surface area contributed by atoms with Gasteiger partial charge in [0, 0.05) is 26.1 Å². The van der Waals surface area contributed by atoms with Gasteiger partial charge in [0.25, 0.3) is 0 Å². The van der Waals surface area contributed by atoms with Crippen molar-refractivity contribution in [2.24, 2.45) is 46.3 Å². The average Bonchev–Trinajstić information content (AvgIpc) is 3.22. The first-order chi connectivity index (χ1) is 22.3. The molecule has 14 heteroatoms. The maximum atomic E-state index is 12.8. The highest BCUT2D eigenvalue weighted by molar-refractivity contribution is 7.80. The van der Waals surface area contributed by atoms with Crippen LogP contribution >= 0.6 is 0 Å². The Balaban J connectivity index is 1.47. The third-order valence-corrected chi connectivity index (χ3v) is 13.4. The van der Waals surface area contributed by atoms with E-state index < -0.39 is 93.6 Å². The summed E-state index contributed by atoms with van der Waals surface area (Å²) in [5.74, 6) is -2.27. The van der Waals surface area contributed by atoms with Crippen LogP contribution in [0.4, 0.5) is 0 Å². The van der Waals surface area contributed by atoms with Crippen LogP contribution in [-0.4, -0.2) is 119 Å². The van der Waals surface area contributed by atoms with Gasteiger partial charge in [-0.05, 0) is 71.7 Å². The molecule has 48 heavy (non-hydrogen) atoms. The van der Waals surface area contributed by atoms with Crippen LogP contribution in [0.1, 0.15) is 66.7 Å². The normalized spacial score (nSPS) is 48.3. The first kappa shape index (κ1) is 38.2. The van der Waals surface area contributed by atoms with Gasteiger partial charge in [0.05, 0.1) is 30.5 Å². The molecule has 5 rings (SSSR count). The van der Waals surface area contributed by atoms with Crippen LogP contribution in [0, 0.1) is 46.3 Å². The van der Waals surface area contributed by atoms with E-state index in [0.717, 1.165) is 0 Å². The van der Waals surface area contributed by atoms with Crippen molar-refractivity contribution in [1.82, 2.24) is 0 Å². The predicted molar refractivity (Wildman–Crippen MR) is 171 cm³/mol. The summed E-state index contributed by atoms with van der Waals surface area (Å²) in [6.45, 7) is 9.58. The second-order valence-electron chi connectivity index (χ2n) is 15.7.